The molecule has 1 nitrogen and oxygen atoms in total. The highest BCUT2D eigenvalue weighted by Crippen LogP contribution is 2.35. The van der Waals surface area contributed by atoms with Gasteiger partial charge in [-0.15, -0.1) is 0 Å². The molecule has 1 saturated heterocycles. The largest absolute Gasteiger partial charge is 0.372 e. The summed E-state index contributed by atoms with van der Waals surface area (Å²) in [7, 11) is 0. The van der Waals surface area contributed by atoms with E-state index in [-0.39, 0.29) is 0 Å². The van der Waals surface area contributed by atoms with Gasteiger partial charge in [-0.2, -0.15) is 0 Å². The van der Waals surface area contributed by atoms with E-state index in [0.717, 1.165) is 5.92 Å². The number of hydrogen-bond acceptors (Lipinski definition) is 1. The minimum absolute atomic E-state index is 0.471. The molecular formula is C16H25N. The molecule has 0 radical (unpaired) electrons. The van der Waals surface area contributed by atoms with Crippen LogP contribution in [0.1, 0.15) is 39.2 Å². The predicted molar refractivity (Wildman–Crippen MR) is 75.6 cm³/mol. The van der Waals surface area contributed by atoms with Gasteiger partial charge in [-0.05, 0) is 48.8 Å². The van der Waals surface area contributed by atoms with Crippen molar-refractivity contribution < 1.29 is 0 Å². The van der Waals surface area contributed by atoms with Crippen molar-refractivity contribution in [3.63, 3.8) is 0 Å². The van der Waals surface area contributed by atoms with Gasteiger partial charge in [0.15, 0.2) is 0 Å². The van der Waals surface area contributed by atoms with Crippen molar-refractivity contribution in [1.82, 2.24) is 0 Å². The van der Waals surface area contributed by atoms with Crippen molar-refractivity contribution in [2.24, 2.45) is 11.3 Å². The first-order chi connectivity index (χ1) is 7.97. The summed E-state index contributed by atoms with van der Waals surface area (Å²) in [4.78, 5) is 2.54. The van der Waals surface area contributed by atoms with E-state index in [2.05, 4.69) is 56.9 Å². The molecule has 1 aliphatic rings. The van der Waals surface area contributed by atoms with Crippen LogP contribution in [0, 0.1) is 18.3 Å². The number of anilines is 1. The number of hydrogen-bond donors (Lipinski definition) is 0. The lowest BCUT2D eigenvalue weighted by atomic mass is 9.75. The maximum atomic E-state index is 2.54. The lowest BCUT2D eigenvalue weighted by Gasteiger charge is -2.39. The smallest absolute Gasteiger partial charge is 0.0368 e. The van der Waals surface area contributed by atoms with Gasteiger partial charge in [0.25, 0.3) is 0 Å². The molecule has 0 aliphatic carbocycles. The number of nitrogens with zero attached hydrogens (tertiary/aromatic N) is 1. The van der Waals surface area contributed by atoms with E-state index in [0.29, 0.717) is 5.41 Å². The maximum absolute atomic E-state index is 2.54. The first kappa shape index (κ1) is 12.5. The summed E-state index contributed by atoms with van der Waals surface area (Å²) in [5, 5.41) is 0. The summed E-state index contributed by atoms with van der Waals surface area (Å²) in [6.45, 7) is 11.7. The van der Waals surface area contributed by atoms with E-state index in [1.807, 2.05) is 0 Å². The molecule has 1 heteroatoms. The van der Waals surface area contributed by atoms with Gasteiger partial charge < -0.3 is 4.90 Å². The molecule has 0 bridgehead atoms. The van der Waals surface area contributed by atoms with E-state index in [9.17, 15) is 0 Å². The molecule has 0 atom stereocenters. The Kier molecular flexibility index (Phi) is 3.46. The van der Waals surface area contributed by atoms with E-state index in [4.69, 9.17) is 0 Å². The molecule has 17 heavy (non-hydrogen) atoms. The lowest BCUT2D eigenvalue weighted by molar-refractivity contribution is 0.199. The summed E-state index contributed by atoms with van der Waals surface area (Å²) in [5.74, 6) is 0.878. The third kappa shape index (κ3) is 3.02. The lowest BCUT2D eigenvalue weighted by Crippen LogP contribution is -2.38. The maximum Gasteiger partial charge on any atom is 0.0368 e. The number of rotatable bonds is 1. The highest BCUT2D eigenvalue weighted by molar-refractivity contribution is 5.48. The first-order valence-electron chi connectivity index (χ1n) is 6.78. The predicted octanol–water partition coefficient (Wildman–Crippen LogP) is 4.26. The summed E-state index contributed by atoms with van der Waals surface area (Å²) in [6, 6.07) is 8.88. The molecule has 0 spiro atoms. The Morgan fingerprint density at radius 3 is 2.29 bits per heavy atom. The van der Waals surface area contributed by atoms with Crippen LogP contribution in [-0.4, -0.2) is 13.1 Å². The monoisotopic (exact) mass is 231 g/mol. The fourth-order valence-electron chi connectivity index (χ4n) is 2.83. The Hall–Kier alpha value is -0.980. The zero-order valence-corrected chi connectivity index (χ0v) is 11.7. The topological polar surface area (TPSA) is 3.24 Å². The first-order valence-corrected chi connectivity index (χ1v) is 6.78. The van der Waals surface area contributed by atoms with Crippen LogP contribution in [0.15, 0.2) is 24.3 Å². The fraction of sp³-hybridized carbons (Fsp3) is 0.625. The normalized spacial score (nSPS) is 18.5. The minimum atomic E-state index is 0.471. The summed E-state index contributed by atoms with van der Waals surface area (Å²) < 4.78 is 0. The Morgan fingerprint density at radius 2 is 1.76 bits per heavy atom. The standard InChI is InChI=1S/C16H25N/c1-13-6-5-7-15(12-13)17-10-8-14(9-11-17)16(2,3)4/h5-7,12,14H,8-11H2,1-4H3. The van der Waals surface area contributed by atoms with E-state index >= 15 is 0 Å². The molecule has 0 unspecified atom stereocenters. The second-order valence-corrected chi connectivity index (χ2v) is 6.47. The average molecular weight is 231 g/mol. The van der Waals surface area contributed by atoms with Crippen molar-refractivity contribution in [2.75, 3.05) is 18.0 Å². The minimum Gasteiger partial charge on any atom is -0.372 e. The van der Waals surface area contributed by atoms with Gasteiger partial charge in [-0.25, -0.2) is 0 Å². The Balaban J connectivity index is 2.00. The molecule has 0 aromatic heterocycles. The summed E-state index contributed by atoms with van der Waals surface area (Å²) >= 11 is 0. The van der Waals surface area contributed by atoms with Crippen molar-refractivity contribution in [3.8, 4) is 0 Å². The molecule has 94 valence electrons. The number of aryl methyl sites for hydroxylation is 1. The molecule has 1 aliphatic heterocycles. The Morgan fingerprint density at radius 1 is 1.12 bits per heavy atom. The van der Waals surface area contributed by atoms with Crippen LogP contribution in [0.3, 0.4) is 0 Å². The highest BCUT2D eigenvalue weighted by atomic mass is 15.1. The van der Waals surface area contributed by atoms with E-state index in [1.165, 1.54) is 37.2 Å². The molecular weight excluding hydrogens is 206 g/mol. The molecule has 2 rings (SSSR count). The molecule has 1 aromatic carbocycles. The Bertz CT molecular complexity index is 367. The van der Waals surface area contributed by atoms with Crippen molar-refractivity contribution in [2.45, 2.75) is 40.5 Å². The van der Waals surface area contributed by atoms with Crippen molar-refractivity contribution in [1.29, 1.82) is 0 Å². The van der Waals surface area contributed by atoms with Gasteiger partial charge in [0, 0.05) is 18.8 Å². The molecule has 1 heterocycles. The van der Waals surface area contributed by atoms with Gasteiger partial charge in [0.1, 0.15) is 0 Å². The van der Waals surface area contributed by atoms with Crippen molar-refractivity contribution >= 4 is 5.69 Å². The zero-order valence-electron chi connectivity index (χ0n) is 11.7. The van der Waals surface area contributed by atoms with Crippen LogP contribution in [0.4, 0.5) is 5.69 Å². The third-order valence-corrected chi connectivity index (χ3v) is 4.09. The third-order valence-electron chi connectivity index (χ3n) is 4.09. The molecule has 0 amide bonds. The molecule has 0 saturated carbocycles. The van der Waals surface area contributed by atoms with Crippen LogP contribution in [0.5, 0.6) is 0 Å². The quantitative estimate of drug-likeness (QED) is 0.698. The van der Waals surface area contributed by atoms with Crippen LogP contribution in [0.25, 0.3) is 0 Å². The summed E-state index contributed by atoms with van der Waals surface area (Å²) in [5.41, 5.74) is 3.23. The van der Waals surface area contributed by atoms with Gasteiger partial charge in [-0.3, -0.25) is 0 Å². The fourth-order valence-corrected chi connectivity index (χ4v) is 2.83. The van der Waals surface area contributed by atoms with Crippen LogP contribution in [0.2, 0.25) is 0 Å². The number of benzene rings is 1. The highest BCUT2D eigenvalue weighted by Gasteiger charge is 2.28. The van der Waals surface area contributed by atoms with Gasteiger partial charge in [0.05, 0.1) is 0 Å². The molecule has 0 N–H and O–H groups in total. The van der Waals surface area contributed by atoms with Crippen LogP contribution in [-0.2, 0) is 0 Å². The second-order valence-electron chi connectivity index (χ2n) is 6.47. The second kappa shape index (κ2) is 4.72. The summed E-state index contributed by atoms with van der Waals surface area (Å²) in [6.07, 6.45) is 2.66. The molecule has 1 aromatic rings. The van der Waals surface area contributed by atoms with Crippen molar-refractivity contribution in [3.05, 3.63) is 29.8 Å². The van der Waals surface area contributed by atoms with E-state index < -0.39 is 0 Å². The Labute approximate surface area is 106 Å². The average Bonchev–Trinajstić information content (AvgIpc) is 2.28. The SMILES string of the molecule is Cc1cccc(N2CCC(C(C)(C)C)CC2)c1. The van der Waals surface area contributed by atoms with Gasteiger partial charge in [-0.1, -0.05) is 32.9 Å². The number of piperidine rings is 1. The van der Waals surface area contributed by atoms with E-state index in [1.54, 1.807) is 0 Å². The van der Waals surface area contributed by atoms with Crippen LogP contribution < -0.4 is 4.90 Å². The molecule has 1 fully saturated rings. The van der Waals surface area contributed by atoms with Gasteiger partial charge >= 0.3 is 0 Å². The van der Waals surface area contributed by atoms with Gasteiger partial charge in [0.2, 0.25) is 0 Å². The van der Waals surface area contributed by atoms with Crippen LogP contribution >= 0.6 is 0 Å². The zero-order chi connectivity index (χ0) is 12.5.